The SMILES string of the molecule is Cn1nnnc1SCc1cccc(C(=O)O)c1. The van der Waals surface area contributed by atoms with Crippen molar-refractivity contribution in [3.8, 4) is 0 Å². The highest BCUT2D eigenvalue weighted by atomic mass is 32.2. The van der Waals surface area contributed by atoms with Crippen LogP contribution >= 0.6 is 11.8 Å². The maximum atomic E-state index is 10.8. The number of aryl methyl sites for hydroxylation is 1. The third-order valence-corrected chi connectivity index (χ3v) is 3.20. The molecule has 7 heteroatoms. The van der Waals surface area contributed by atoms with Crippen LogP contribution in [0.15, 0.2) is 29.4 Å². The quantitative estimate of drug-likeness (QED) is 0.821. The first-order valence-electron chi connectivity index (χ1n) is 4.84. The van der Waals surface area contributed by atoms with E-state index in [9.17, 15) is 4.79 Å². The molecule has 1 aromatic heterocycles. The molecule has 17 heavy (non-hydrogen) atoms. The maximum Gasteiger partial charge on any atom is 0.335 e. The second-order valence-electron chi connectivity index (χ2n) is 3.38. The Kier molecular flexibility index (Phi) is 3.38. The molecule has 0 bridgehead atoms. The van der Waals surface area contributed by atoms with Gasteiger partial charge >= 0.3 is 5.97 Å². The molecule has 2 aromatic rings. The molecule has 0 saturated carbocycles. The van der Waals surface area contributed by atoms with E-state index in [0.29, 0.717) is 16.5 Å². The molecule has 88 valence electrons. The highest BCUT2D eigenvalue weighted by Crippen LogP contribution is 2.19. The van der Waals surface area contributed by atoms with Crippen LogP contribution in [-0.4, -0.2) is 31.3 Å². The van der Waals surface area contributed by atoms with E-state index in [1.165, 1.54) is 11.8 Å². The lowest BCUT2D eigenvalue weighted by molar-refractivity contribution is 0.0697. The molecule has 0 spiro atoms. The van der Waals surface area contributed by atoms with Crippen molar-refractivity contribution in [3.63, 3.8) is 0 Å². The highest BCUT2D eigenvalue weighted by Gasteiger charge is 2.06. The molecule has 1 N–H and O–H groups in total. The Morgan fingerprint density at radius 2 is 2.35 bits per heavy atom. The predicted octanol–water partition coefficient (Wildman–Crippen LogP) is 1.20. The van der Waals surface area contributed by atoms with E-state index < -0.39 is 5.97 Å². The Labute approximate surface area is 102 Å². The van der Waals surface area contributed by atoms with Crippen LogP contribution in [0.1, 0.15) is 15.9 Å². The fourth-order valence-electron chi connectivity index (χ4n) is 1.29. The Bertz CT molecular complexity index is 541. The molecule has 2 rings (SSSR count). The average molecular weight is 250 g/mol. The standard InChI is InChI=1S/C10H10N4O2S/c1-14-10(11-12-13-14)17-6-7-3-2-4-8(5-7)9(15)16/h2-5H,6H2,1H3,(H,15,16). The van der Waals surface area contributed by atoms with Crippen LogP contribution in [0.25, 0.3) is 0 Å². The molecule has 1 aromatic carbocycles. The lowest BCUT2D eigenvalue weighted by Gasteiger charge is -2.01. The zero-order valence-corrected chi connectivity index (χ0v) is 9.89. The lowest BCUT2D eigenvalue weighted by atomic mass is 10.1. The summed E-state index contributed by atoms with van der Waals surface area (Å²) < 4.78 is 1.58. The number of thioether (sulfide) groups is 1. The number of nitrogens with zero attached hydrogens (tertiary/aromatic N) is 4. The van der Waals surface area contributed by atoms with Gasteiger partial charge in [0, 0.05) is 12.8 Å². The number of tetrazole rings is 1. The minimum atomic E-state index is -0.919. The maximum absolute atomic E-state index is 10.8. The van der Waals surface area contributed by atoms with E-state index in [2.05, 4.69) is 15.5 Å². The van der Waals surface area contributed by atoms with Gasteiger partial charge in [-0.25, -0.2) is 9.48 Å². The number of benzene rings is 1. The summed E-state index contributed by atoms with van der Waals surface area (Å²) in [6, 6.07) is 6.83. The first-order valence-corrected chi connectivity index (χ1v) is 5.83. The Morgan fingerprint density at radius 1 is 1.53 bits per heavy atom. The van der Waals surface area contributed by atoms with Gasteiger partial charge in [0.05, 0.1) is 5.56 Å². The molecule has 0 aliphatic rings. The van der Waals surface area contributed by atoms with Gasteiger partial charge in [0.15, 0.2) is 0 Å². The van der Waals surface area contributed by atoms with Gasteiger partial charge in [-0.1, -0.05) is 23.9 Å². The summed E-state index contributed by atoms with van der Waals surface area (Å²) in [5.41, 5.74) is 1.22. The van der Waals surface area contributed by atoms with Crippen molar-refractivity contribution >= 4 is 17.7 Å². The third-order valence-electron chi connectivity index (χ3n) is 2.12. The fourth-order valence-corrected chi connectivity index (χ4v) is 2.08. The molecule has 1 heterocycles. The van der Waals surface area contributed by atoms with E-state index in [-0.39, 0.29) is 0 Å². The number of carboxylic acids is 1. The molecular weight excluding hydrogens is 240 g/mol. The summed E-state index contributed by atoms with van der Waals surface area (Å²) in [5, 5.41) is 20.6. The number of carbonyl (C=O) groups is 1. The van der Waals surface area contributed by atoms with Crippen LogP contribution in [0.3, 0.4) is 0 Å². The number of rotatable bonds is 4. The summed E-state index contributed by atoms with van der Waals surface area (Å²) in [6.45, 7) is 0. The molecule has 0 unspecified atom stereocenters. The van der Waals surface area contributed by atoms with Gasteiger partial charge in [-0.2, -0.15) is 0 Å². The number of aromatic nitrogens is 4. The zero-order valence-electron chi connectivity index (χ0n) is 9.07. The van der Waals surface area contributed by atoms with Crippen molar-refractivity contribution in [1.29, 1.82) is 0 Å². The summed E-state index contributed by atoms with van der Waals surface area (Å²) in [4.78, 5) is 10.8. The summed E-state index contributed by atoms with van der Waals surface area (Å²) in [5.74, 6) is -0.285. The molecule has 0 fully saturated rings. The number of aromatic carboxylic acids is 1. The number of carboxylic acid groups (broad SMARTS) is 1. The van der Waals surface area contributed by atoms with Crippen molar-refractivity contribution in [2.75, 3.05) is 0 Å². The van der Waals surface area contributed by atoms with Crippen molar-refractivity contribution in [2.45, 2.75) is 10.9 Å². The Morgan fingerprint density at radius 3 is 3.00 bits per heavy atom. The first-order chi connectivity index (χ1) is 8.16. The molecule has 0 amide bonds. The lowest BCUT2D eigenvalue weighted by Crippen LogP contribution is -1.97. The van der Waals surface area contributed by atoms with Crippen molar-refractivity contribution in [2.24, 2.45) is 7.05 Å². The minimum Gasteiger partial charge on any atom is -0.478 e. The first kappa shape index (κ1) is 11.6. The monoisotopic (exact) mass is 250 g/mol. The van der Waals surface area contributed by atoms with Crippen molar-refractivity contribution in [1.82, 2.24) is 20.2 Å². The summed E-state index contributed by atoms with van der Waals surface area (Å²) in [7, 11) is 1.76. The molecule has 0 aliphatic carbocycles. The van der Waals surface area contributed by atoms with Crippen molar-refractivity contribution in [3.05, 3.63) is 35.4 Å². The topological polar surface area (TPSA) is 80.9 Å². The van der Waals surface area contributed by atoms with Gasteiger partial charge in [0.1, 0.15) is 0 Å². The third kappa shape index (κ3) is 2.82. The number of hydrogen-bond donors (Lipinski definition) is 1. The van der Waals surface area contributed by atoms with E-state index in [1.54, 1.807) is 29.9 Å². The molecule has 0 aliphatic heterocycles. The van der Waals surface area contributed by atoms with Gasteiger partial charge < -0.3 is 5.11 Å². The van der Waals surface area contributed by atoms with Crippen LogP contribution < -0.4 is 0 Å². The number of hydrogen-bond acceptors (Lipinski definition) is 5. The van der Waals surface area contributed by atoms with E-state index in [0.717, 1.165) is 5.56 Å². The van der Waals surface area contributed by atoms with Gasteiger partial charge in [0.25, 0.3) is 0 Å². The van der Waals surface area contributed by atoms with Gasteiger partial charge in [-0.15, -0.1) is 5.10 Å². The van der Waals surface area contributed by atoms with Gasteiger partial charge in [0.2, 0.25) is 5.16 Å². The van der Waals surface area contributed by atoms with Crippen molar-refractivity contribution < 1.29 is 9.90 Å². The highest BCUT2D eigenvalue weighted by molar-refractivity contribution is 7.98. The molecule has 0 radical (unpaired) electrons. The molecule has 0 saturated heterocycles. The largest absolute Gasteiger partial charge is 0.478 e. The Balaban J connectivity index is 2.07. The Hall–Kier alpha value is -1.89. The van der Waals surface area contributed by atoms with E-state index in [1.807, 2.05) is 6.07 Å². The predicted molar refractivity (Wildman–Crippen MR) is 61.8 cm³/mol. The van der Waals surface area contributed by atoms with Crippen LogP contribution in [0, 0.1) is 0 Å². The average Bonchev–Trinajstić information content (AvgIpc) is 2.72. The smallest absolute Gasteiger partial charge is 0.335 e. The second-order valence-corrected chi connectivity index (χ2v) is 4.32. The van der Waals surface area contributed by atoms with Crippen LogP contribution in [0.4, 0.5) is 0 Å². The molecule has 6 nitrogen and oxygen atoms in total. The second kappa shape index (κ2) is 4.96. The summed E-state index contributed by atoms with van der Waals surface area (Å²) >= 11 is 1.46. The molecular formula is C10H10N4O2S. The zero-order chi connectivity index (χ0) is 12.3. The van der Waals surface area contributed by atoms with Crippen LogP contribution in [-0.2, 0) is 12.8 Å². The normalized spacial score (nSPS) is 10.4. The minimum absolute atomic E-state index is 0.291. The van der Waals surface area contributed by atoms with Crippen LogP contribution in [0.5, 0.6) is 0 Å². The molecule has 0 atom stereocenters. The fraction of sp³-hybridized carbons (Fsp3) is 0.200. The van der Waals surface area contributed by atoms with Crippen LogP contribution in [0.2, 0.25) is 0 Å². The summed E-state index contributed by atoms with van der Waals surface area (Å²) in [6.07, 6.45) is 0. The van der Waals surface area contributed by atoms with Gasteiger partial charge in [-0.3, -0.25) is 0 Å². The van der Waals surface area contributed by atoms with E-state index in [4.69, 9.17) is 5.11 Å². The van der Waals surface area contributed by atoms with Gasteiger partial charge in [-0.05, 0) is 28.1 Å². The van der Waals surface area contributed by atoms with E-state index >= 15 is 0 Å².